The Kier molecular flexibility index (Phi) is 4.79. The summed E-state index contributed by atoms with van der Waals surface area (Å²) in [6.07, 6.45) is 1.61. The smallest absolute Gasteiger partial charge is 0.270 e. The zero-order valence-corrected chi connectivity index (χ0v) is 18.2. The number of aromatic nitrogens is 1. The highest BCUT2D eigenvalue weighted by molar-refractivity contribution is 7.80. The first-order valence-electron chi connectivity index (χ1n) is 9.99. The van der Waals surface area contributed by atoms with Crippen molar-refractivity contribution in [2.45, 2.75) is 13.8 Å². The van der Waals surface area contributed by atoms with Gasteiger partial charge in [0.1, 0.15) is 5.57 Å². The van der Waals surface area contributed by atoms with E-state index in [9.17, 15) is 9.59 Å². The summed E-state index contributed by atoms with van der Waals surface area (Å²) in [6.45, 7) is 4.11. The van der Waals surface area contributed by atoms with Gasteiger partial charge in [0.05, 0.1) is 5.69 Å². The van der Waals surface area contributed by atoms with E-state index in [-0.39, 0.29) is 17.5 Å². The fourth-order valence-corrected chi connectivity index (χ4v) is 4.26. The van der Waals surface area contributed by atoms with E-state index in [0.717, 1.165) is 22.6 Å². The monoisotopic (exact) mass is 445 g/mol. The summed E-state index contributed by atoms with van der Waals surface area (Å²) in [7, 11) is 0. The molecule has 8 heteroatoms. The first-order valence-corrected chi connectivity index (χ1v) is 10.4. The number of rotatable bonds is 3. The molecule has 0 bridgehead atoms. The maximum absolute atomic E-state index is 13.2. The molecule has 1 N–H and O–H groups in total. The van der Waals surface area contributed by atoms with Gasteiger partial charge >= 0.3 is 0 Å². The van der Waals surface area contributed by atoms with E-state index < -0.39 is 11.8 Å². The number of amides is 2. The third kappa shape index (κ3) is 3.25. The van der Waals surface area contributed by atoms with Gasteiger partial charge in [-0.25, -0.2) is 0 Å². The third-order valence-corrected chi connectivity index (χ3v) is 5.79. The van der Waals surface area contributed by atoms with Crippen LogP contribution >= 0.6 is 12.2 Å². The van der Waals surface area contributed by atoms with Crippen LogP contribution in [-0.4, -0.2) is 28.3 Å². The zero-order chi connectivity index (χ0) is 22.4. The Balaban J connectivity index is 1.55. The number of nitrogens with zero attached hydrogens (tertiary/aromatic N) is 2. The first-order chi connectivity index (χ1) is 15.4. The van der Waals surface area contributed by atoms with E-state index in [1.807, 2.05) is 60.9 Å². The number of carbonyl (C=O) groups excluding carboxylic acids is 2. The Labute approximate surface area is 189 Å². The second-order valence-electron chi connectivity index (χ2n) is 7.49. The normalized spacial score (nSPS) is 16.6. The van der Waals surface area contributed by atoms with E-state index in [4.69, 9.17) is 21.7 Å². The van der Waals surface area contributed by atoms with Crippen LogP contribution in [0.5, 0.6) is 11.5 Å². The maximum atomic E-state index is 13.2. The lowest BCUT2D eigenvalue weighted by atomic mass is 10.1. The van der Waals surface area contributed by atoms with Crippen molar-refractivity contribution < 1.29 is 19.1 Å². The van der Waals surface area contributed by atoms with Crippen LogP contribution in [0.25, 0.3) is 11.8 Å². The minimum absolute atomic E-state index is 0.0217. The molecule has 1 fully saturated rings. The fourth-order valence-electron chi connectivity index (χ4n) is 3.98. The van der Waals surface area contributed by atoms with Gasteiger partial charge in [-0.3, -0.25) is 19.8 Å². The SMILES string of the molecule is Cc1cc(C=C2C(=O)NC(=S)N(c3ccccc3)C2=O)c(C)n1-c1ccc2c(c1)OCO2. The van der Waals surface area contributed by atoms with Gasteiger partial charge in [-0.15, -0.1) is 0 Å². The average Bonchev–Trinajstić information content (AvgIpc) is 3.35. The molecule has 7 nitrogen and oxygen atoms in total. The number of para-hydroxylation sites is 1. The Morgan fingerprint density at radius 1 is 0.969 bits per heavy atom. The summed E-state index contributed by atoms with van der Waals surface area (Å²) in [5, 5.41) is 2.69. The highest BCUT2D eigenvalue weighted by atomic mass is 32.1. The largest absolute Gasteiger partial charge is 0.454 e. The third-order valence-electron chi connectivity index (χ3n) is 5.50. The summed E-state index contributed by atoms with van der Waals surface area (Å²) < 4.78 is 12.9. The molecule has 1 aromatic heterocycles. The Morgan fingerprint density at radius 2 is 1.72 bits per heavy atom. The number of benzene rings is 2. The van der Waals surface area contributed by atoms with Crippen LogP contribution in [0.3, 0.4) is 0 Å². The zero-order valence-electron chi connectivity index (χ0n) is 17.4. The van der Waals surface area contributed by atoms with Gasteiger partial charge in [-0.1, -0.05) is 18.2 Å². The minimum Gasteiger partial charge on any atom is -0.454 e. The lowest BCUT2D eigenvalue weighted by Crippen LogP contribution is -2.54. The molecule has 0 unspecified atom stereocenters. The number of hydrogen-bond donors (Lipinski definition) is 1. The van der Waals surface area contributed by atoms with Gasteiger partial charge in [-0.2, -0.15) is 0 Å². The van der Waals surface area contributed by atoms with Gasteiger partial charge in [-0.05, 0) is 68.0 Å². The number of fused-ring (bicyclic) bond motifs is 1. The van der Waals surface area contributed by atoms with Gasteiger partial charge in [0.25, 0.3) is 11.8 Å². The number of carbonyl (C=O) groups is 2. The van der Waals surface area contributed by atoms with E-state index in [1.54, 1.807) is 18.2 Å². The highest BCUT2D eigenvalue weighted by Crippen LogP contribution is 2.35. The van der Waals surface area contributed by atoms with Gasteiger partial charge in [0.2, 0.25) is 6.79 Å². The summed E-state index contributed by atoms with van der Waals surface area (Å²) in [6, 6.07) is 16.7. The maximum Gasteiger partial charge on any atom is 0.270 e. The van der Waals surface area contributed by atoms with Crippen LogP contribution in [-0.2, 0) is 9.59 Å². The van der Waals surface area contributed by atoms with Crippen molar-refractivity contribution in [1.29, 1.82) is 0 Å². The second-order valence-corrected chi connectivity index (χ2v) is 7.88. The molecule has 5 rings (SSSR count). The molecule has 1 saturated heterocycles. The van der Waals surface area contributed by atoms with E-state index in [0.29, 0.717) is 17.2 Å². The van der Waals surface area contributed by atoms with Crippen molar-refractivity contribution in [2.75, 3.05) is 11.7 Å². The summed E-state index contributed by atoms with van der Waals surface area (Å²) >= 11 is 5.25. The minimum atomic E-state index is -0.514. The molecule has 0 radical (unpaired) electrons. The molecule has 0 saturated carbocycles. The lowest BCUT2D eigenvalue weighted by Gasteiger charge is -2.28. The molecular weight excluding hydrogens is 426 g/mol. The van der Waals surface area contributed by atoms with Crippen molar-refractivity contribution >= 4 is 40.9 Å². The van der Waals surface area contributed by atoms with Gasteiger partial charge in [0.15, 0.2) is 16.6 Å². The second kappa shape index (κ2) is 7.65. The molecule has 32 heavy (non-hydrogen) atoms. The molecule has 2 aliphatic rings. The summed E-state index contributed by atoms with van der Waals surface area (Å²) in [5.41, 5.74) is 4.12. The van der Waals surface area contributed by atoms with Crippen molar-refractivity contribution in [1.82, 2.24) is 9.88 Å². The number of thiocarbonyl (C=S) groups is 1. The van der Waals surface area contributed by atoms with Gasteiger partial charge in [0, 0.05) is 23.1 Å². The Hall–Kier alpha value is -3.91. The van der Waals surface area contributed by atoms with Gasteiger partial charge < -0.3 is 14.0 Å². The van der Waals surface area contributed by atoms with E-state index in [2.05, 4.69) is 5.32 Å². The van der Waals surface area contributed by atoms with Crippen LogP contribution in [0.4, 0.5) is 5.69 Å². The van der Waals surface area contributed by atoms with Crippen LogP contribution in [0.2, 0.25) is 0 Å². The van der Waals surface area contributed by atoms with Crippen LogP contribution < -0.4 is 19.7 Å². The number of aryl methyl sites for hydroxylation is 1. The first kappa shape index (κ1) is 20.0. The van der Waals surface area contributed by atoms with Crippen LogP contribution in [0.15, 0.2) is 60.2 Å². The quantitative estimate of drug-likeness (QED) is 0.379. The lowest BCUT2D eigenvalue weighted by molar-refractivity contribution is -0.122. The van der Waals surface area contributed by atoms with Crippen LogP contribution in [0, 0.1) is 13.8 Å². The molecule has 0 aliphatic carbocycles. The molecule has 3 aromatic rings. The molecule has 3 heterocycles. The topological polar surface area (TPSA) is 72.8 Å². The fraction of sp³-hybridized carbons (Fsp3) is 0.125. The molecule has 0 spiro atoms. The predicted octanol–water partition coefficient (Wildman–Crippen LogP) is 3.65. The number of nitrogens with one attached hydrogen (secondary N) is 1. The van der Waals surface area contributed by atoms with Crippen LogP contribution in [0.1, 0.15) is 17.0 Å². The number of hydrogen-bond acceptors (Lipinski definition) is 5. The molecule has 160 valence electrons. The van der Waals surface area contributed by atoms with E-state index >= 15 is 0 Å². The predicted molar refractivity (Wildman–Crippen MR) is 124 cm³/mol. The molecule has 2 aliphatic heterocycles. The summed E-state index contributed by atoms with van der Waals surface area (Å²) in [5.74, 6) is 0.418. The van der Waals surface area contributed by atoms with Crippen molar-refractivity contribution in [3.63, 3.8) is 0 Å². The average molecular weight is 446 g/mol. The van der Waals surface area contributed by atoms with E-state index in [1.165, 1.54) is 4.90 Å². The number of ether oxygens (including phenoxy) is 2. The molecule has 0 atom stereocenters. The number of anilines is 1. The standard InChI is InChI=1S/C24H19N3O4S/c1-14-10-16(15(2)26(14)18-8-9-20-21(12-18)31-13-30-20)11-19-22(28)25-24(32)27(23(19)29)17-6-4-3-5-7-17/h3-12H,13H2,1-2H3,(H,25,28,32). The summed E-state index contributed by atoms with van der Waals surface area (Å²) in [4.78, 5) is 27.2. The Morgan fingerprint density at radius 3 is 2.50 bits per heavy atom. The molecular formula is C24H19N3O4S. The van der Waals surface area contributed by atoms with Crippen molar-refractivity contribution in [2.24, 2.45) is 0 Å². The Bertz CT molecular complexity index is 1310. The highest BCUT2D eigenvalue weighted by Gasteiger charge is 2.34. The van der Waals surface area contributed by atoms with Crippen molar-refractivity contribution in [3.05, 3.63) is 77.1 Å². The molecule has 2 aromatic carbocycles. The van der Waals surface area contributed by atoms with Crippen molar-refractivity contribution in [3.8, 4) is 17.2 Å². The molecule has 2 amide bonds.